The second-order valence-electron chi connectivity index (χ2n) is 5.96. The minimum Gasteiger partial charge on any atom is -0.450 e. The van der Waals surface area contributed by atoms with Crippen LogP contribution in [0.5, 0.6) is 0 Å². The van der Waals surface area contributed by atoms with Crippen LogP contribution in [0.2, 0.25) is 5.02 Å². The van der Waals surface area contributed by atoms with Gasteiger partial charge in [0.2, 0.25) is 11.8 Å². The van der Waals surface area contributed by atoms with E-state index in [9.17, 15) is 14.4 Å². The summed E-state index contributed by atoms with van der Waals surface area (Å²) < 4.78 is 4.97. The van der Waals surface area contributed by atoms with Gasteiger partial charge in [0.1, 0.15) is 0 Å². The third kappa shape index (κ3) is 5.36. The van der Waals surface area contributed by atoms with Crippen LogP contribution in [0, 0.1) is 0 Å². The number of ether oxygens (including phenoxy) is 1. The van der Waals surface area contributed by atoms with Gasteiger partial charge in [-0.05, 0) is 31.2 Å². The van der Waals surface area contributed by atoms with Crippen molar-refractivity contribution in [2.24, 2.45) is 0 Å². The monoisotopic (exact) mass is 381 g/mol. The molecule has 1 saturated heterocycles. The van der Waals surface area contributed by atoms with Crippen molar-refractivity contribution in [3.05, 3.63) is 29.3 Å². The van der Waals surface area contributed by atoms with Gasteiger partial charge in [0.25, 0.3) is 0 Å². The number of anilines is 1. The SMILES string of the molecule is CCOC(=O)N1CCN(C(=O)CCN(C(C)=O)c2ccc(Cl)cc2)CC1. The summed E-state index contributed by atoms with van der Waals surface area (Å²) in [7, 11) is 0. The minimum absolute atomic E-state index is 0.0336. The Balaban J connectivity index is 1.86. The van der Waals surface area contributed by atoms with E-state index in [1.54, 1.807) is 45.9 Å². The molecule has 26 heavy (non-hydrogen) atoms. The summed E-state index contributed by atoms with van der Waals surface area (Å²) >= 11 is 5.88. The molecule has 0 N–H and O–H groups in total. The first kappa shape index (κ1) is 20.0. The van der Waals surface area contributed by atoms with E-state index in [1.165, 1.54) is 6.92 Å². The molecule has 1 aliphatic heterocycles. The van der Waals surface area contributed by atoms with Crippen LogP contribution in [0.4, 0.5) is 10.5 Å². The van der Waals surface area contributed by atoms with E-state index >= 15 is 0 Å². The molecule has 1 fully saturated rings. The van der Waals surface area contributed by atoms with Crippen LogP contribution in [-0.2, 0) is 14.3 Å². The number of carbonyl (C=O) groups excluding carboxylic acids is 3. The van der Waals surface area contributed by atoms with Gasteiger partial charge in [0, 0.05) is 56.8 Å². The Labute approximate surface area is 158 Å². The highest BCUT2D eigenvalue weighted by Gasteiger charge is 2.25. The smallest absolute Gasteiger partial charge is 0.409 e. The molecule has 0 saturated carbocycles. The fraction of sp³-hybridized carbons (Fsp3) is 0.500. The number of amides is 3. The first-order chi connectivity index (χ1) is 12.4. The third-order valence-corrected chi connectivity index (χ3v) is 4.48. The number of hydrogen-bond acceptors (Lipinski definition) is 4. The van der Waals surface area contributed by atoms with E-state index in [1.807, 2.05) is 0 Å². The predicted molar refractivity (Wildman–Crippen MR) is 99.3 cm³/mol. The second-order valence-corrected chi connectivity index (χ2v) is 6.40. The van der Waals surface area contributed by atoms with Crippen molar-refractivity contribution in [2.75, 3.05) is 44.2 Å². The maximum Gasteiger partial charge on any atom is 0.409 e. The Bertz CT molecular complexity index is 642. The van der Waals surface area contributed by atoms with Gasteiger partial charge in [-0.1, -0.05) is 11.6 Å². The van der Waals surface area contributed by atoms with E-state index < -0.39 is 0 Å². The zero-order valence-corrected chi connectivity index (χ0v) is 15.9. The van der Waals surface area contributed by atoms with Crippen LogP contribution in [0.15, 0.2) is 24.3 Å². The lowest BCUT2D eigenvalue weighted by molar-refractivity contribution is -0.132. The van der Waals surface area contributed by atoms with Crippen molar-refractivity contribution >= 4 is 35.2 Å². The number of carbonyl (C=O) groups is 3. The summed E-state index contributed by atoms with van der Waals surface area (Å²) in [5, 5.41) is 0.591. The molecular weight excluding hydrogens is 358 g/mol. The van der Waals surface area contributed by atoms with Gasteiger partial charge in [-0.15, -0.1) is 0 Å². The van der Waals surface area contributed by atoms with Gasteiger partial charge in [0.15, 0.2) is 0 Å². The molecule has 3 amide bonds. The highest BCUT2D eigenvalue weighted by Crippen LogP contribution is 2.19. The van der Waals surface area contributed by atoms with Crippen molar-refractivity contribution in [1.29, 1.82) is 0 Å². The van der Waals surface area contributed by atoms with Gasteiger partial charge in [-0.3, -0.25) is 9.59 Å². The first-order valence-electron chi connectivity index (χ1n) is 8.65. The fourth-order valence-corrected chi connectivity index (χ4v) is 2.93. The molecule has 1 aromatic rings. The van der Waals surface area contributed by atoms with Crippen LogP contribution in [0.3, 0.4) is 0 Å². The van der Waals surface area contributed by atoms with E-state index in [0.29, 0.717) is 50.0 Å². The maximum absolute atomic E-state index is 12.4. The minimum atomic E-state index is -0.343. The number of nitrogens with zero attached hydrogens (tertiary/aromatic N) is 3. The van der Waals surface area contributed by atoms with Crippen LogP contribution < -0.4 is 4.90 Å². The quantitative estimate of drug-likeness (QED) is 0.785. The third-order valence-electron chi connectivity index (χ3n) is 4.23. The lowest BCUT2D eigenvalue weighted by Crippen LogP contribution is -2.51. The number of halogens is 1. The molecule has 0 atom stereocenters. The maximum atomic E-state index is 12.4. The number of rotatable bonds is 5. The molecule has 0 radical (unpaired) electrons. The summed E-state index contributed by atoms with van der Waals surface area (Å²) in [6, 6.07) is 6.94. The van der Waals surface area contributed by atoms with Gasteiger partial charge < -0.3 is 19.4 Å². The Morgan fingerprint density at radius 3 is 2.19 bits per heavy atom. The largest absolute Gasteiger partial charge is 0.450 e. The van der Waals surface area contributed by atoms with E-state index in [4.69, 9.17) is 16.3 Å². The summed E-state index contributed by atoms with van der Waals surface area (Å²) in [6.07, 6.45) is -0.119. The van der Waals surface area contributed by atoms with E-state index in [2.05, 4.69) is 0 Å². The molecule has 0 bridgehead atoms. The van der Waals surface area contributed by atoms with Crippen molar-refractivity contribution < 1.29 is 19.1 Å². The lowest BCUT2D eigenvalue weighted by Gasteiger charge is -2.34. The van der Waals surface area contributed by atoms with Gasteiger partial charge >= 0.3 is 6.09 Å². The molecule has 1 aliphatic rings. The standard InChI is InChI=1S/C18H24ClN3O4/c1-3-26-18(25)21-12-10-20(11-13-21)17(24)8-9-22(14(2)23)16-6-4-15(19)5-7-16/h4-7H,3,8-13H2,1-2H3. The number of benzene rings is 1. The zero-order chi connectivity index (χ0) is 19.1. The highest BCUT2D eigenvalue weighted by molar-refractivity contribution is 6.30. The van der Waals surface area contributed by atoms with E-state index in [0.717, 1.165) is 0 Å². The molecule has 1 aromatic carbocycles. The first-order valence-corrected chi connectivity index (χ1v) is 9.03. The van der Waals surface area contributed by atoms with Crippen molar-refractivity contribution in [3.63, 3.8) is 0 Å². The normalized spacial score (nSPS) is 14.1. The van der Waals surface area contributed by atoms with Gasteiger partial charge in [0.05, 0.1) is 6.61 Å². The Morgan fingerprint density at radius 2 is 1.65 bits per heavy atom. The second kappa shape index (κ2) is 9.43. The molecule has 0 unspecified atom stereocenters. The highest BCUT2D eigenvalue weighted by atomic mass is 35.5. The van der Waals surface area contributed by atoms with Crippen molar-refractivity contribution in [3.8, 4) is 0 Å². The fourth-order valence-electron chi connectivity index (χ4n) is 2.81. The average molecular weight is 382 g/mol. The molecule has 142 valence electrons. The van der Waals surface area contributed by atoms with Crippen LogP contribution in [0.1, 0.15) is 20.3 Å². The molecule has 7 nitrogen and oxygen atoms in total. The summed E-state index contributed by atoms with van der Waals surface area (Å²) in [6.45, 7) is 5.72. The summed E-state index contributed by atoms with van der Waals surface area (Å²) in [5.74, 6) is -0.166. The predicted octanol–water partition coefficient (Wildman–Crippen LogP) is 2.38. The lowest BCUT2D eigenvalue weighted by atomic mass is 10.2. The molecule has 8 heteroatoms. The molecule has 1 heterocycles. The molecule has 2 rings (SSSR count). The Morgan fingerprint density at radius 1 is 1.08 bits per heavy atom. The molecule has 0 spiro atoms. The number of hydrogen-bond donors (Lipinski definition) is 0. The molecule has 0 aliphatic carbocycles. The van der Waals surface area contributed by atoms with Crippen molar-refractivity contribution in [1.82, 2.24) is 9.80 Å². The molecular formula is C18H24ClN3O4. The summed E-state index contributed by atoms with van der Waals surface area (Å²) in [4.78, 5) is 40.9. The summed E-state index contributed by atoms with van der Waals surface area (Å²) in [5.41, 5.74) is 0.710. The Kier molecular flexibility index (Phi) is 7.26. The van der Waals surface area contributed by atoms with E-state index in [-0.39, 0.29) is 24.3 Å². The van der Waals surface area contributed by atoms with Gasteiger partial charge in [-0.2, -0.15) is 0 Å². The average Bonchev–Trinajstić information content (AvgIpc) is 2.63. The Hall–Kier alpha value is -2.28. The molecule has 0 aromatic heterocycles. The number of piperazine rings is 1. The van der Waals surface area contributed by atoms with Crippen LogP contribution >= 0.6 is 11.6 Å². The van der Waals surface area contributed by atoms with Crippen LogP contribution in [0.25, 0.3) is 0 Å². The van der Waals surface area contributed by atoms with Crippen molar-refractivity contribution in [2.45, 2.75) is 20.3 Å². The van der Waals surface area contributed by atoms with Crippen LogP contribution in [-0.4, -0.2) is 67.0 Å². The zero-order valence-electron chi connectivity index (χ0n) is 15.1. The topological polar surface area (TPSA) is 70.2 Å². The van der Waals surface area contributed by atoms with Gasteiger partial charge in [-0.25, -0.2) is 4.79 Å².